The van der Waals surface area contributed by atoms with Gasteiger partial charge in [-0.2, -0.15) is 0 Å². The first kappa shape index (κ1) is 28.0. The Kier molecular flexibility index (Phi) is 9.41. The molecule has 0 aliphatic carbocycles. The average Bonchev–Trinajstić information content (AvgIpc) is 3.54. The summed E-state index contributed by atoms with van der Waals surface area (Å²) in [5, 5.41) is 11.4. The van der Waals surface area contributed by atoms with Crippen LogP contribution in [0.4, 0.5) is 0 Å². The van der Waals surface area contributed by atoms with Crippen LogP contribution >= 0.6 is 0 Å². The van der Waals surface area contributed by atoms with Crippen molar-refractivity contribution in [1.82, 2.24) is 14.5 Å². The number of rotatable bonds is 13. The molecule has 0 spiro atoms. The first-order valence-corrected chi connectivity index (χ1v) is 13.6. The maximum atomic E-state index is 13.4. The Balaban J connectivity index is 1.67. The quantitative estimate of drug-likeness (QED) is 0.175. The molecule has 1 N–H and O–H groups in total. The van der Waals surface area contributed by atoms with Gasteiger partial charge in [0.05, 0.1) is 31.2 Å². The van der Waals surface area contributed by atoms with Gasteiger partial charge in [0, 0.05) is 31.0 Å². The molecule has 8 heteroatoms. The summed E-state index contributed by atoms with van der Waals surface area (Å²) in [6.45, 7) is 8.45. The van der Waals surface area contributed by atoms with Crippen LogP contribution in [0.2, 0.25) is 0 Å². The van der Waals surface area contributed by atoms with E-state index in [0.717, 1.165) is 12.8 Å². The number of carbonyl (C=O) groups excluding carboxylic acids is 2. The third kappa shape index (κ3) is 6.88. The van der Waals surface area contributed by atoms with Crippen molar-refractivity contribution >= 4 is 17.4 Å². The lowest BCUT2D eigenvalue weighted by Gasteiger charge is -2.26. The Morgan fingerprint density at radius 2 is 1.79 bits per heavy atom. The molecule has 206 valence electrons. The van der Waals surface area contributed by atoms with Crippen LogP contribution in [0.25, 0.3) is 5.76 Å². The number of benzene rings is 2. The van der Waals surface area contributed by atoms with Gasteiger partial charge in [0.2, 0.25) is 0 Å². The molecule has 39 heavy (non-hydrogen) atoms. The zero-order chi connectivity index (χ0) is 27.8. The van der Waals surface area contributed by atoms with E-state index in [4.69, 9.17) is 9.47 Å². The van der Waals surface area contributed by atoms with Crippen molar-refractivity contribution in [3.05, 3.63) is 84.0 Å². The Hall–Kier alpha value is -4.07. The molecule has 2 heterocycles. The highest BCUT2D eigenvalue weighted by molar-refractivity contribution is 6.46. The van der Waals surface area contributed by atoms with E-state index in [1.165, 1.54) is 0 Å². The van der Waals surface area contributed by atoms with Gasteiger partial charge in [-0.1, -0.05) is 32.9 Å². The highest BCUT2D eigenvalue weighted by atomic mass is 16.5. The fraction of sp³-hybridized carbons (Fsp3) is 0.387. The number of ketones is 1. The zero-order valence-electron chi connectivity index (χ0n) is 22.9. The van der Waals surface area contributed by atoms with Gasteiger partial charge in [0.25, 0.3) is 11.7 Å². The van der Waals surface area contributed by atoms with Crippen molar-refractivity contribution in [2.24, 2.45) is 5.92 Å². The van der Waals surface area contributed by atoms with Gasteiger partial charge in [0.1, 0.15) is 17.3 Å². The fourth-order valence-corrected chi connectivity index (χ4v) is 4.57. The number of hydrogen-bond donors (Lipinski definition) is 1. The summed E-state index contributed by atoms with van der Waals surface area (Å²) in [4.78, 5) is 32.3. The lowest BCUT2D eigenvalue weighted by Crippen LogP contribution is -2.31. The number of likely N-dealkylation sites (tertiary alicyclic amines) is 1. The predicted octanol–water partition coefficient (Wildman–Crippen LogP) is 5.61. The number of aromatic nitrogens is 2. The highest BCUT2D eigenvalue weighted by Gasteiger charge is 2.45. The maximum absolute atomic E-state index is 13.4. The average molecular weight is 532 g/mol. The van der Waals surface area contributed by atoms with Gasteiger partial charge in [0.15, 0.2) is 0 Å². The molecular weight excluding hydrogens is 494 g/mol. The van der Waals surface area contributed by atoms with Crippen LogP contribution in [0.1, 0.15) is 57.2 Å². The van der Waals surface area contributed by atoms with Gasteiger partial charge >= 0.3 is 0 Å². The summed E-state index contributed by atoms with van der Waals surface area (Å²) < 4.78 is 13.5. The fourth-order valence-electron chi connectivity index (χ4n) is 4.57. The molecule has 0 saturated carbocycles. The number of aliphatic hydroxyl groups excluding tert-OH is 1. The Bertz CT molecular complexity index is 1280. The zero-order valence-corrected chi connectivity index (χ0v) is 22.9. The summed E-state index contributed by atoms with van der Waals surface area (Å²) in [5.74, 6) is 0.322. The van der Waals surface area contributed by atoms with Crippen LogP contribution in [0.3, 0.4) is 0 Å². The SMILES string of the molecule is CCCOc1ccc(C(O)=C2C(=O)C(=O)N(CCCn3ccnc3)C2c2cccc(OCCC(C)C)c2)cc1. The number of Topliss-reactive ketones (excluding diaryl/α,β-unsaturated/α-hetero) is 1. The number of imidazole rings is 1. The highest BCUT2D eigenvalue weighted by Crippen LogP contribution is 2.40. The van der Waals surface area contributed by atoms with Crippen molar-refractivity contribution in [2.45, 2.75) is 52.6 Å². The Labute approximate surface area is 229 Å². The molecule has 1 fully saturated rings. The molecule has 8 nitrogen and oxygen atoms in total. The molecular formula is C31H37N3O5. The van der Waals surface area contributed by atoms with Crippen molar-refractivity contribution in [3.63, 3.8) is 0 Å². The molecule has 4 rings (SSSR count). The predicted molar refractivity (Wildman–Crippen MR) is 149 cm³/mol. The summed E-state index contributed by atoms with van der Waals surface area (Å²) in [5.41, 5.74) is 1.23. The normalized spacial score (nSPS) is 16.7. The van der Waals surface area contributed by atoms with E-state index >= 15 is 0 Å². The van der Waals surface area contributed by atoms with E-state index in [1.54, 1.807) is 41.7 Å². The second-order valence-electron chi connectivity index (χ2n) is 10.1. The molecule has 1 unspecified atom stereocenters. The smallest absolute Gasteiger partial charge is 0.295 e. The number of carbonyl (C=O) groups is 2. The minimum Gasteiger partial charge on any atom is -0.507 e. The molecule has 0 bridgehead atoms. The minimum absolute atomic E-state index is 0.0733. The van der Waals surface area contributed by atoms with Crippen molar-refractivity contribution in [2.75, 3.05) is 19.8 Å². The maximum Gasteiger partial charge on any atom is 0.295 e. The molecule has 1 aromatic heterocycles. The molecule has 1 saturated heterocycles. The largest absolute Gasteiger partial charge is 0.507 e. The van der Waals surface area contributed by atoms with Gasteiger partial charge in [-0.25, -0.2) is 4.98 Å². The lowest BCUT2D eigenvalue weighted by atomic mass is 9.95. The first-order valence-electron chi connectivity index (χ1n) is 13.6. The summed E-state index contributed by atoms with van der Waals surface area (Å²) in [6.07, 6.45) is 7.69. The van der Waals surface area contributed by atoms with Crippen molar-refractivity contribution < 1.29 is 24.2 Å². The lowest BCUT2D eigenvalue weighted by molar-refractivity contribution is -0.139. The number of hydrogen-bond acceptors (Lipinski definition) is 6. The van der Waals surface area contributed by atoms with E-state index in [1.807, 2.05) is 42.0 Å². The standard InChI is InChI=1S/C31H37N3O5/c1-4-18-38-25-11-9-23(10-12-25)29(35)27-28(24-7-5-8-26(20-24)39-19-13-22(2)3)34(31(37)30(27)36)16-6-15-33-17-14-32-21-33/h5,7-12,14,17,20-22,28,35H,4,6,13,15-16,18-19H2,1-3H3. The van der Waals surface area contributed by atoms with Crippen LogP contribution < -0.4 is 9.47 Å². The molecule has 1 atom stereocenters. The number of amides is 1. The summed E-state index contributed by atoms with van der Waals surface area (Å²) in [6, 6.07) is 13.6. The van der Waals surface area contributed by atoms with E-state index in [-0.39, 0.29) is 11.3 Å². The second kappa shape index (κ2) is 13.1. The third-order valence-corrected chi connectivity index (χ3v) is 6.65. The summed E-state index contributed by atoms with van der Waals surface area (Å²) >= 11 is 0. The number of nitrogens with zero attached hydrogens (tertiary/aromatic N) is 3. The van der Waals surface area contributed by atoms with Crippen LogP contribution in [-0.4, -0.2) is 51.0 Å². The Morgan fingerprint density at radius 3 is 2.49 bits per heavy atom. The second-order valence-corrected chi connectivity index (χ2v) is 10.1. The monoisotopic (exact) mass is 531 g/mol. The number of aryl methyl sites for hydroxylation is 1. The van der Waals surface area contributed by atoms with Gasteiger partial charge in [-0.3, -0.25) is 9.59 Å². The molecule has 1 aliphatic heterocycles. The van der Waals surface area contributed by atoms with Crippen LogP contribution in [-0.2, 0) is 16.1 Å². The van der Waals surface area contributed by atoms with Gasteiger partial charge in [-0.05, 0) is 67.1 Å². The van der Waals surface area contributed by atoms with Gasteiger partial charge in [-0.15, -0.1) is 0 Å². The van der Waals surface area contributed by atoms with E-state index in [0.29, 0.717) is 61.3 Å². The van der Waals surface area contributed by atoms with Gasteiger partial charge < -0.3 is 24.0 Å². The topological polar surface area (TPSA) is 93.9 Å². The van der Waals surface area contributed by atoms with Crippen molar-refractivity contribution in [1.29, 1.82) is 0 Å². The van der Waals surface area contributed by atoms with Crippen molar-refractivity contribution in [3.8, 4) is 11.5 Å². The molecule has 2 aromatic carbocycles. The van der Waals surface area contributed by atoms with E-state index in [9.17, 15) is 14.7 Å². The number of aliphatic hydroxyl groups is 1. The Morgan fingerprint density at radius 1 is 1.03 bits per heavy atom. The third-order valence-electron chi connectivity index (χ3n) is 6.65. The van der Waals surface area contributed by atoms with Crippen LogP contribution in [0.15, 0.2) is 72.8 Å². The first-order chi connectivity index (χ1) is 18.9. The van der Waals surface area contributed by atoms with Crippen LogP contribution in [0, 0.1) is 5.92 Å². The van der Waals surface area contributed by atoms with E-state index < -0.39 is 17.7 Å². The molecule has 1 aliphatic rings. The molecule has 0 radical (unpaired) electrons. The molecule has 1 amide bonds. The van der Waals surface area contributed by atoms with E-state index in [2.05, 4.69) is 18.8 Å². The number of ether oxygens (including phenoxy) is 2. The minimum atomic E-state index is -0.738. The van der Waals surface area contributed by atoms with Crippen LogP contribution in [0.5, 0.6) is 11.5 Å². The summed E-state index contributed by atoms with van der Waals surface area (Å²) in [7, 11) is 0. The molecule has 3 aromatic rings.